The summed E-state index contributed by atoms with van der Waals surface area (Å²) in [5.74, 6) is 0.778. The molecule has 166 valence electrons. The molecule has 0 saturated heterocycles. The van der Waals surface area contributed by atoms with Gasteiger partial charge < -0.3 is 9.16 Å². The molecule has 0 fully saturated rings. The van der Waals surface area contributed by atoms with Crippen molar-refractivity contribution in [1.29, 1.82) is 0 Å². The van der Waals surface area contributed by atoms with Crippen LogP contribution in [0.3, 0.4) is 0 Å². The van der Waals surface area contributed by atoms with Gasteiger partial charge in [-0.25, -0.2) is 0 Å². The fourth-order valence-electron chi connectivity index (χ4n) is 3.36. The van der Waals surface area contributed by atoms with Crippen molar-refractivity contribution in [2.24, 2.45) is 0 Å². The van der Waals surface area contributed by atoms with Gasteiger partial charge in [-0.15, -0.1) is 0 Å². The van der Waals surface area contributed by atoms with Gasteiger partial charge in [0.15, 0.2) is 0 Å². The number of nitro benzene ring substituents is 1. The fraction of sp³-hybridized carbons (Fsp3) is 0.360. The number of rotatable bonds is 12. The zero-order valence-corrected chi connectivity index (χ0v) is 20.0. The van der Waals surface area contributed by atoms with Gasteiger partial charge in [-0.05, 0) is 54.9 Å². The van der Waals surface area contributed by atoms with Crippen LogP contribution in [0.5, 0.6) is 0 Å². The van der Waals surface area contributed by atoms with E-state index in [1.165, 1.54) is 30.2 Å². The lowest BCUT2D eigenvalue weighted by Gasteiger charge is -2.28. The molecule has 0 unspecified atom stereocenters. The Hall–Kier alpha value is -2.86. The average molecular weight is 440 g/mol. The van der Waals surface area contributed by atoms with Crippen LogP contribution in [0.2, 0.25) is 13.1 Å². The zero-order valence-electron chi connectivity index (χ0n) is 19.0. The quantitative estimate of drug-likeness (QED) is 0.0937. The molecule has 0 heterocycles. The number of benzene rings is 2. The minimum atomic E-state index is -2.28. The van der Waals surface area contributed by atoms with Crippen LogP contribution in [-0.4, -0.2) is 20.4 Å². The van der Waals surface area contributed by atoms with Crippen LogP contribution >= 0.6 is 0 Å². The second-order valence-electron chi connectivity index (χ2n) is 7.99. The summed E-state index contributed by atoms with van der Waals surface area (Å²) in [6.07, 6.45) is 9.04. The summed E-state index contributed by atoms with van der Waals surface area (Å²) < 4.78 is 12.0. The number of unbranched alkanes of at least 4 members (excludes halogenated alkanes) is 3. The maximum atomic E-state index is 11.1. The average Bonchev–Trinajstić information content (AvgIpc) is 2.78. The van der Waals surface area contributed by atoms with E-state index >= 15 is 0 Å². The normalized spacial score (nSPS) is 12.5. The highest BCUT2D eigenvalue weighted by molar-refractivity contribution is 6.85. The second kappa shape index (κ2) is 12.1. The molecule has 2 rings (SSSR count). The number of methoxy groups -OCH3 is 1. The molecule has 0 aromatic heterocycles. The van der Waals surface area contributed by atoms with Gasteiger partial charge in [0.1, 0.15) is 5.76 Å². The lowest BCUT2D eigenvalue weighted by atomic mass is 10.0. The Morgan fingerprint density at radius 3 is 2.29 bits per heavy atom. The predicted molar refractivity (Wildman–Crippen MR) is 130 cm³/mol. The van der Waals surface area contributed by atoms with Crippen molar-refractivity contribution < 1.29 is 14.1 Å². The molecule has 6 heteroatoms. The van der Waals surface area contributed by atoms with Crippen LogP contribution in [0.1, 0.15) is 44.6 Å². The number of nitro groups is 1. The van der Waals surface area contributed by atoms with E-state index in [1.807, 2.05) is 24.3 Å². The number of hydrogen-bond acceptors (Lipinski definition) is 4. The fourth-order valence-corrected chi connectivity index (χ4v) is 5.24. The summed E-state index contributed by atoms with van der Waals surface area (Å²) in [7, 11) is -0.658. The molecule has 0 radical (unpaired) electrons. The third-order valence-electron chi connectivity index (χ3n) is 5.16. The third-order valence-corrected chi connectivity index (χ3v) is 7.60. The van der Waals surface area contributed by atoms with E-state index in [0.29, 0.717) is 0 Å². The Labute approximate surface area is 186 Å². The zero-order chi connectivity index (χ0) is 22.7. The smallest absolute Gasteiger partial charge is 0.276 e. The molecular weight excluding hydrogens is 406 g/mol. The van der Waals surface area contributed by atoms with Crippen molar-refractivity contribution in [3.63, 3.8) is 0 Å². The molecule has 2 aromatic carbocycles. The Bertz CT molecular complexity index is 889. The molecular formula is C25H33NO4Si. The van der Waals surface area contributed by atoms with Crippen molar-refractivity contribution in [3.05, 3.63) is 88.2 Å². The molecule has 0 amide bonds. The lowest BCUT2D eigenvalue weighted by molar-refractivity contribution is -0.384. The molecule has 5 nitrogen and oxygen atoms in total. The van der Waals surface area contributed by atoms with E-state index in [9.17, 15) is 10.1 Å². The Morgan fingerprint density at radius 1 is 1.03 bits per heavy atom. The molecule has 0 N–H and O–H groups in total. The number of nitrogens with zero attached hydrogens (tertiary/aromatic N) is 1. The summed E-state index contributed by atoms with van der Waals surface area (Å²) in [5.41, 5.74) is 1.95. The SMILES string of the molecule is CCCCCCC(/C=C/OC)=C(/O[Si](C)(C)c1ccccc1)c1ccc([N+](=O)[O-])cc1. The summed E-state index contributed by atoms with van der Waals surface area (Å²) >= 11 is 0. The van der Waals surface area contributed by atoms with Crippen LogP contribution < -0.4 is 5.19 Å². The van der Waals surface area contributed by atoms with Crippen LogP contribution in [0, 0.1) is 10.1 Å². The minimum absolute atomic E-state index is 0.0691. The van der Waals surface area contributed by atoms with Gasteiger partial charge in [0, 0.05) is 17.7 Å². The van der Waals surface area contributed by atoms with E-state index in [0.717, 1.165) is 36.2 Å². The van der Waals surface area contributed by atoms with Gasteiger partial charge in [-0.1, -0.05) is 56.5 Å². The first-order valence-corrected chi connectivity index (χ1v) is 13.7. The standard InChI is InChI=1S/C25H33NO4Si/c1-5-6-7-9-12-21(19-20-29-2)25(22-15-17-23(18-16-22)26(27)28)30-31(3,4)24-13-10-8-11-14-24/h8,10-11,13-20H,5-7,9,12H2,1-4H3/b20-19+,25-21-. The van der Waals surface area contributed by atoms with Crippen molar-refractivity contribution >= 4 is 25.0 Å². The largest absolute Gasteiger partial charge is 0.539 e. The molecule has 0 atom stereocenters. The van der Waals surface area contributed by atoms with E-state index in [2.05, 4.69) is 32.2 Å². The van der Waals surface area contributed by atoms with Crippen LogP contribution in [-0.2, 0) is 9.16 Å². The number of allylic oxidation sites excluding steroid dienone is 2. The van der Waals surface area contributed by atoms with Gasteiger partial charge in [0.2, 0.25) is 0 Å². The Balaban J connectivity index is 2.50. The maximum Gasteiger partial charge on any atom is 0.276 e. The summed E-state index contributed by atoms with van der Waals surface area (Å²) in [6, 6.07) is 16.9. The number of non-ortho nitro benzene ring substituents is 1. The highest BCUT2D eigenvalue weighted by Crippen LogP contribution is 2.30. The van der Waals surface area contributed by atoms with Gasteiger partial charge in [-0.2, -0.15) is 0 Å². The van der Waals surface area contributed by atoms with Gasteiger partial charge in [-0.3, -0.25) is 10.1 Å². The number of ether oxygens (including phenoxy) is 1. The first kappa shape index (κ1) is 24.4. The van der Waals surface area contributed by atoms with E-state index in [1.54, 1.807) is 25.5 Å². The lowest BCUT2D eigenvalue weighted by Crippen LogP contribution is -2.44. The van der Waals surface area contributed by atoms with E-state index in [4.69, 9.17) is 9.16 Å². The first-order valence-electron chi connectivity index (χ1n) is 10.8. The summed E-state index contributed by atoms with van der Waals surface area (Å²) in [4.78, 5) is 10.7. The van der Waals surface area contributed by atoms with Crippen molar-refractivity contribution in [3.8, 4) is 0 Å². The van der Waals surface area contributed by atoms with E-state index < -0.39 is 8.32 Å². The maximum absolute atomic E-state index is 11.1. The van der Waals surface area contributed by atoms with Crippen molar-refractivity contribution in [1.82, 2.24) is 0 Å². The molecule has 0 saturated carbocycles. The van der Waals surface area contributed by atoms with Crippen molar-refractivity contribution in [2.45, 2.75) is 52.1 Å². The molecule has 0 bridgehead atoms. The first-order chi connectivity index (χ1) is 14.9. The molecule has 0 aliphatic carbocycles. The van der Waals surface area contributed by atoms with Crippen LogP contribution in [0.15, 0.2) is 72.5 Å². The number of hydrogen-bond donors (Lipinski definition) is 0. The van der Waals surface area contributed by atoms with E-state index in [-0.39, 0.29) is 10.6 Å². The molecule has 2 aromatic rings. The monoisotopic (exact) mass is 439 g/mol. The van der Waals surface area contributed by atoms with Gasteiger partial charge >= 0.3 is 0 Å². The molecule has 0 spiro atoms. The summed E-state index contributed by atoms with van der Waals surface area (Å²) in [5, 5.41) is 12.3. The van der Waals surface area contributed by atoms with Gasteiger partial charge in [0.25, 0.3) is 14.0 Å². The minimum Gasteiger partial charge on any atom is -0.539 e. The predicted octanol–water partition coefficient (Wildman–Crippen LogP) is 6.57. The highest BCUT2D eigenvalue weighted by Gasteiger charge is 2.29. The van der Waals surface area contributed by atoms with Crippen LogP contribution in [0.25, 0.3) is 5.76 Å². The Kier molecular flexibility index (Phi) is 9.53. The highest BCUT2D eigenvalue weighted by atomic mass is 28.4. The topological polar surface area (TPSA) is 61.6 Å². The van der Waals surface area contributed by atoms with Crippen molar-refractivity contribution in [2.75, 3.05) is 7.11 Å². The molecule has 0 aliphatic rings. The molecule has 31 heavy (non-hydrogen) atoms. The third kappa shape index (κ3) is 7.40. The van der Waals surface area contributed by atoms with Gasteiger partial charge in [0.05, 0.1) is 18.3 Å². The molecule has 0 aliphatic heterocycles. The second-order valence-corrected chi connectivity index (χ2v) is 11.8. The summed E-state index contributed by atoms with van der Waals surface area (Å²) in [6.45, 7) is 6.53. The van der Waals surface area contributed by atoms with Crippen LogP contribution in [0.4, 0.5) is 5.69 Å². The Morgan fingerprint density at radius 2 is 1.71 bits per heavy atom.